The van der Waals surface area contributed by atoms with Crippen molar-refractivity contribution >= 4 is 11.9 Å². The maximum Gasteiger partial charge on any atom is 0.326 e. The molecule has 0 aromatic carbocycles. The molecule has 1 fully saturated rings. The van der Waals surface area contributed by atoms with Crippen molar-refractivity contribution in [3.8, 4) is 0 Å². The highest BCUT2D eigenvalue weighted by atomic mass is 16.4. The van der Waals surface area contributed by atoms with Crippen LogP contribution in [0.3, 0.4) is 0 Å². The summed E-state index contributed by atoms with van der Waals surface area (Å²) in [5.74, 6) is -0.406. The Morgan fingerprint density at radius 2 is 2.33 bits per heavy atom. The van der Waals surface area contributed by atoms with E-state index < -0.39 is 17.9 Å². The van der Waals surface area contributed by atoms with Gasteiger partial charge >= 0.3 is 5.97 Å². The number of furan rings is 1. The van der Waals surface area contributed by atoms with E-state index in [1.54, 1.807) is 19.1 Å². The van der Waals surface area contributed by atoms with E-state index in [-0.39, 0.29) is 12.3 Å². The quantitative estimate of drug-likeness (QED) is 0.749. The Morgan fingerprint density at radius 1 is 1.60 bits per heavy atom. The molecule has 1 aliphatic heterocycles. The molecule has 5 nitrogen and oxygen atoms in total. The number of aryl methyl sites for hydroxylation is 1. The number of amides is 1. The maximum atomic E-state index is 11.1. The van der Waals surface area contributed by atoms with Gasteiger partial charge in [-0.1, -0.05) is 0 Å². The van der Waals surface area contributed by atoms with Crippen molar-refractivity contribution in [2.75, 3.05) is 0 Å². The Hall–Kier alpha value is -1.78. The zero-order valence-electron chi connectivity index (χ0n) is 8.19. The van der Waals surface area contributed by atoms with Crippen LogP contribution in [0.2, 0.25) is 0 Å². The van der Waals surface area contributed by atoms with E-state index >= 15 is 0 Å². The SMILES string of the molecule is Cc1ccc(C2CC(=O)NC2C(=O)O)o1. The van der Waals surface area contributed by atoms with Crippen LogP contribution in [0.25, 0.3) is 0 Å². The van der Waals surface area contributed by atoms with Crippen molar-refractivity contribution in [2.45, 2.75) is 25.3 Å². The van der Waals surface area contributed by atoms with Crippen LogP contribution >= 0.6 is 0 Å². The summed E-state index contributed by atoms with van der Waals surface area (Å²) < 4.78 is 5.34. The van der Waals surface area contributed by atoms with Gasteiger partial charge in [-0.3, -0.25) is 4.79 Å². The molecule has 5 heteroatoms. The number of hydrogen-bond acceptors (Lipinski definition) is 3. The number of aliphatic carboxylic acids is 1. The van der Waals surface area contributed by atoms with Gasteiger partial charge < -0.3 is 14.8 Å². The number of hydrogen-bond donors (Lipinski definition) is 2. The molecule has 0 spiro atoms. The fourth-order valence-electron chi connectivity index (χ4n) is 1.80. The molecule has 2 atom stereocenters. The van der Waals surface area contributed by atoms with Crippen LogP contribution in [0.1, 0.15) is 23.9 Å². The van der Waals surface area contributed by atoms with Gasteiger partial charge in [-0.2, -0.15) is 0 Å². The van der Waals surface area contributed by atoms with Crippen LogP contribution in [0, 0.1) is 6.92 Å². The number of carbonyl (C=O) groups excluding carboxylic acids is 1. The molecular weight excluding hydrogens is 198 g/mol. The summed E-state index contributed by atoms with van der Waals surface area (Å²) in [4.78, 5) is 22.0. The summed E-state index contributed by atoms with van der Waals surface area (Å²) in [6.45, 7) is 1.78. The summed E-state index contributed by atoms with van der Waals surface area (Å²) in [6, 6.07) is 2.61. The molecule has 80 valence electrons. The van der Waals surface area contributed by atoms with E-state index in [0.717, 1.165) is 0 Å². The smallest absolute Gasteiger partial charge is 0.326 e. The second kappa shape index (κ2) is 3.42. The first kappa shape index (κ1) is 9.76. The van der Waals surface area contributed by atoms with Gasteiger partial charge in [-0.15, -0.1) is 0 Å². The van der Waals surface area contributed by atoms with E-state index in [1.165, 1.54) is 0 Å². The molecule has 15 heavy (non-hydrogen) atoms. The van der Waals surface area contributed by atoms with E-state index in [4.69, 9.17) is 9.52 Å². The number of rotatable bonds is 2. The minimum absolute atomic E-state index is 0.171. The Bertz CT molecular complexity index is 409. The first-order valence-electron chi connectivity index (χ1n) is 4.66. The van der Waals surface area contributed by atoms with Crippen molar-refractivity contribution in [1.82, 2.24) is 5.32 Å². The third-order valence-corrected chi connectivity index (χ3v) is 2.52. The standard InChI is InChI=1S/C10H11NO4/c1-5-2-3-7(15-5)6-4-8(12)11-9(6)10(13)14/h2-3,6,9H,4H2,1H3,(H,11,12)(H,13,14). The van der Waals surface area contributed by atoms with Crippen molar-refractivity contribution in [3.63, 3.8) is 0 Å². The van der Waals surface area contributed by atoms with E-state index in [1.807, 2.05) is 0 Å². The lowest BCUT2D eigenvalue weighted by molar-refractivity contribution is -0.140. The van der Waals surface area contributed by atoms with E-state index in [0.29, 0.717) is 11.5 Å². The van der Waals surface area contributed by atoms with Crippen LogP contribution in [0.4, 0.5) is 0 Å². The fourth-order valence-corrected chi connectivity index (χ4v) is 1.80. The maximum absolute atomic E-state index is 11.1. The Labute approximate surface area is 86.1 Å². The van der Waals surface area contributed by atoms with Crippen LogP contribution in [0.15, 0.2) is 16.5 Å². The van der Waals surface area contributed by atoms with E-state index in [9.17, 15) is 9.59 Å². The molecule has 1 saturated heterocycles. The van der Waals surface area contributed by atoms with Crippen LogP contribution in [0.5, 0.6) is 0 Å². The Balaban J connectivity index is 2.27. The zero-order valence-corrected chi connectivity index (χ0v) is 8.19. The largest absolute Gasteiger partial charge is 0.480 e. The highest BCUT2D eigenvalue weighted by molar-refractivity contribution is 5.89. The first-order valence-corrected chi connectivity index (χ1v) is 4.66. The summed E-state index contributed by atoms with van der Waals surface area (Å²) in [5, 5.41) is 11.3. The predicted octanol–water partition coefficient (Wildman–Crippen LogP) is 0.645. The summed E-state index contributed by atoms with van der Waals surface area (Å²) in [6.07, 6.45) is 0.171. The molecule has 0 aliphatic carbocycles. The zero-order chi connectivity index (χ0) is 11.0. The number of carboxylic acids is 1. The number of carbonyl (C=O) groups is 2. The third-order valence-electron chi connectivity index (χ3n) is 2.52. The highest BCUT2D eigenvalue weighted by Gasteiger charge is 2.40. The first-order chi connectivity index (χ1) is 7.08. The molecule has 2 rings (SSSR count). The van der Waals surface area contributed by atoms with Gasteiger partial charge in [0.25, 0.3) is 0 Å². The molecule has 0 bridgehead atoms. The lowest BCUT2D eigenvalue weighted by atomic mass is 9.98. The lowest BCUT2D eigenvalue weighted by Gasteiger charge is -2.11. The van der Waals surface area contributed by atoms with Gasteiger partial charge in [-0.25, -0.2) is 4.79 Å². The van der Waals surface area contributed by atoms with Gasteiger partial charge in [0.05, 0.1) is 5.92 Å². The van der Waals surface area contributed by atoms with Gasteiger partial charge in [0.15, 0.2) is 0 Å². The Morgan fingerprint density at radius 3 is 2.87 bits per heavy atom. The number of carboxylic acid groups (broad SMARTS) is 1. The summed E-state index contributed by atoms with van der Waals surface area (Å²) >= 11 is 0. The monoisotopic (exact) mass is 209 g/mol. The minimum Gasteiger partial charge on any atom is -0.480 e. The second-order valence-electron chi connectivity index (χ2n) is 3.64. The van der Waals surface area contributed by atoms with Crippen LogP contribution < -0.4 is 5.32 Å². The molecule has 1 aromatic rings. The van der Waals surface area contributed by atoms with Crippen molar-refractivity contribution in [2.24, 2.45) is 0 Å². The molecule has 0 radical (unpaired) electrons. The summed E-state index contributed by atoms with van der Waals surface area (Å²) in [7, 11) is 0. The van der Waals surface area contributed by atoms with Crippen molar-refractivity contribution in [3.05, 3.63) is 23.7 Å². The summed E-state index contributed by atoms with van der Waals surface area (Å²) in [5.41, 5.74) is 0. The van der Waals surface area contributed by atoms with Crippen molar-refractivity contribution in [1.29, 1.82) is 0 Å². The van der Waals surface area contributed by atoms with Crippen LogP contribution in [-0.2, 0) is 9.59 Å². The molecular formula is C10H11NO4. The average molecular weight is 209 g/mol. The molecule has 2 unspecified atom stereocenters. The molecule has 1 aliphatic rings. The van der Waals surface area contributed by atoms with Gasteiger partial charge in [0.2, 0.25) is 5.91 Å². The fraction of sp³-hybridized carbons (Fsp3) is 0.400. The Kier molecular flexibility index (Phi) is 2.22. The third kappa shape index (κ3) is 1.72. The van der Waals surface area contributed by atoms with E-state index in [2.05, 4.69) is 5.32 Å². The molecule has 2 N–H and O–H groups in total. The molecule has 1 amide bonds. The molecule has 2 heterocycles. The average Bonchev–Trinajstić information content (AvgIpc) is 2.71. The molecule has 0 saturated carbocycles. The lowest BCUT2D eigenvalue weighted by Crippen LogP contribution is -2.35. The van der Waals surface area contributed by atoms with Gasteiger partial charge in [0, 0.05) is 6.42 Å². The second-order valence-corrected chi connectivity index (χ2v) is 3.64. The molecule has 1 aromatic heterocycles. The van der Waals surface area contributed by atoms with Gasteiger partial charge in [-0.05, 0) is 19.1 Å². The minimum atomic E-state index is -1.03. The predicted molar refractivity (Wildman–Crippen MR) is 50.4 cm³/mol. The topological polar surface area (TPSA) is 79.5 Å². The number of nitrogens with one attached hydrogen (secondary N) is 1. The highest BCUT2D eigenvalue weighted by Crippen LogP contribution is 2.29. The normalized spacial score (nSPS) is 25.3. The van der Waals surface area contributed by atoms with Gasteiger partial charge in [0.1, 0.15) is 17.6 Å². The van der Waals surface area contributed by atoms with Crippen molar-refractivity contribution < 1.29 is 19.1 Å². The van der Waals surface area contributed by atoms with Crippen LogP contribution in [-0.4, -0.2) is 23.0 Å².